The molecule has 1 aromatic carbocycles. The Morgan fingerprint density at radius 3 is 2.67 bits per heavy atom. The fourth-order valence-corrected chi connectivity index (χ4v) is 1.61. The van der Waals surface area contributed by atoms with Gasteiger partial charge in [0.25, 0.3) is 0 Å². The van der Waals surface area contributed by atoms with Crippen molar-refractivity contribution in [3.8, 4) is 6.07 Å². The van der Waals surface area contributed by atoms with Gasteiger partial charge in [0.2, 0.25) is 0 Å². The highest BCUT2D eigenvalue weighted by atomic mass is 35.5. The van der Waals surface area contributed by atoms with Gasteiger partial charge < -0.3 is 0 Å². The summed E-state index contributed by atoms with van der Waals surface area (Å²) < 4.78 is 12.8. The van der Waals surface area contributed by atoms with E-state index in [1.165, 1.54) is 12.1 Å². The molecular formula is C11H7ClFNO. The fraction of sp³-hybridized carbons (Fsp3) is 0.273. The zero-order valence-electron chi connectivity index (χ0n) is 7.76. The molecule has 0 bridgehead atoms. The average Bonchev–Trinajstić information content (AvgIpc) is 3.02. The second kappa shape index (κ2) is 3.32. The molecule has 1 aliphatic rings. The van der Waals surface area contributed by atoms with Crippen molar-refractivity contribution in [2.75, 3.05) is 0 Å². The summed E-state index contributed by atoms with van der Waals surface area (Å²) in [6.45, 7) is 0. The number of nitriles is 1. The Balaban J connectivity index is 2.36. The second-order valence-corrected chi connectivity index (χ2v) is 4.06. The van der Waals surface area contributed by atoms with Crippen molar-refractivity contribution in [1.29, 1.82) is 5.26 Å². The molecule has 0 aromatic heterocycles. The van der Waals surface area contributed by atoms with Gasteiger partial charge in [0.1, 0.15) is 11.2 Å². The number of nitrogens with zero attached hydrogens (tertiary/aromatic N) is 1. The van der Waals surface area contributed by atoms with Gasteiger partial charge in [-0.2, -0.15) is 5.26 Å². The predicted molar refractivity (Wildman–Crippen MR) is 53.0 cm³/mol. The van der Waals surface area contributed by atoms with Crippen LogP contribution in [0.4, 0.5) is 4.39 Å². The molecule has 0 aliphatic heterocycles. The number of rotatable bonds is 2. The summed E-state index contributed by atoms with van der Waals surface area (Å²) in [6, 6.07) is 5.78. The SMILES string of the molecule is N#CC1(C(=O)c2ccc(F)c(Cl)c2)CC1. The number of ketones is 1. The van der Waals surface area contributed by atoms with E-state index in [4.69, 9.17) is 16.9 Å². The summed E-state index contributed by atoms with van der Waals surface area (Å²) in [5, 5.41) is 8.75. The molecule has 0 spiro atoms. The van der Waals surface area contributed by atoms with Crippen LogP contribution in [0.2, 0.25) is 5.02 Å². The average molecular weight is 224 g/mol. The summed E-state index contributed by atoms with van der Waals surface area (Å²) in [6.07, 6.45) is 1.16. The van der Waals surface area contributed by atoms with Crippen LogP contribution in [0.1, 0.15) is 23.2 Å². The molecule has 0 N–H and O–H groups in total. The molecule has 1 saturated carbocycles. The quantitative estimate of drug-likeness (QED) is 0.724. The van der Waals surface area contributed by atoms with Crippen LogP contribution in [0.3, 0.4) is 0 Å². The summed E-state index contributed by atoms with van der Waals surface area (Å²) in [7, 11) is 0. The van der Waals surface area contributed by atoms with Gasteiger partial charge in [0.15, 0.2) is 5.78 Å². The number of carbonyl (C=O) groups excluding carboxylic acids is 1. The van der Waals surface area contributed by atoms with Gasteiger partial charge >= 0.3 is 0 Å². The van der Waals surface area contributed by atoms with Crippen molar-refractivity contribution in [1.82, 2.24) is 0 Å². The van der Waals surface area contributed by atoms with E-state index in [0.29, 0.717) is 18.4 Å². The molecule has 0 atom stereocenters. The Bertz CT molecular complexity index is 474. The summed E-state index contributed by atoms with van der Waals surface area (Å²) in [5.41, 5.74) is -0.568. The Kier molecular flexibility index (Phi) is 2.24. The minimum absolute atomic E-state index is 0.0883. The molecule has 76 valence electrons. The van der Waals surface area contributed by atoms with Crippen molar-refractivity contribution in [2.24, 2.45) is 5.41 Å². The number of hydrogen-bond donors (Lipinski definition) is 0. The van der Waals surface area contributed by atoms with Crippen LogP contribution in [0.5, 0.6) is 0 Å². The first-order valence-electron chi connectivity index (χ1n) is 4.50. The Labute approximate surface area is 91.3 Å². The van der Waals surface area contributed by atoms with Crippen LogP contribution in [-0.4, -0.2) is 5.78 Å². The van der Waals surface area contributed by atoms with Gasteiger partial charge in [-0.15, -0.1) is 0 Å². The maximum atomic E-state index is 12.8. The second-order valence-electron chi connectivity index (χ2n) is 3.65. The summed E-state index contributed by atoms with van der Waals surface area (Å²) in [5.74, 6) is -0.818. The van der Waals surface area contributed by atoms with E-state index in [1.807, 2.05) is 6.07 Å². The molecule has 4 heteroatoms. The first kappa shape index (κ1) is 10.1. The van der Waals surface area contributed by atoms with Crippen LogP contribution >= 0.6 is 11.6 Å². The Morgan fingerprint density at radius 1 is 1.53 bits per heavy atom. The Morgan fingerprint density at radius 2 is 2.20 bits per heavy atom. The number of carbonyl (C=O) groups is 1. The largest absolute Gasteiger partial charge is 0.292 e. The third-order valence-electron chi connectivity index (χ3n) is 2.58. The van der Waals surface area contributed by atoms with E-state index in [0.717, 1.165) is 6.07 Å². The minimum Gasteiger partial charge on any atom is -0.292 e. The van der Waals surface area contributed by atoms with Gasteiger partial charge in [-0.3, -0.25) is 4.79 Å². The van der Waals surface area contributed by atoms with E-state index < -0.39 is 11.2 Å². The van der Waals surface area contributed by atoms with E-state index in [2.05, 4.69) is 0 Å². The fourth-order valence-electron chi connectivity index (χ4n) is 1.43. The van der Waals surface area contributed by atoms with E-state index >= 15 is 0 Å². The predicted octanol–water partition coefficient (Wildman–Crippen LogP) is 2.97. The van der Waals surface area contributed by atoms with Crippen LogP contribution in [0.25, 0.3) is 0 Å². The lowest BCUT2D eigenvalue weighted by Crippen LogP contribution is -2.13. The summed E-state index contributed by atoms with van der Waals surface area (Å²) >= 11 is 5.56. The smallest absolute Gasteiger partial charge is 0.183 e. The van der Waals surface area contributed by atoms with Gasteiger partial charge in [-0.1, -0.05) is 11.6 Å². The zero-order valence-corrected chi connectivity index (χ0v) is 8.51. The molecule has 0 amide bonds. The van der Waals surface area contributed by atoms with Crippen molar-refractivity contribution in [2.45, 2.75) is 12.8 Å². The monoisotopic (exact) mass is 223 g/mol. The van der Waals surface area contributed by atoms with E-state index in [9.17, 15) is 9.18 Å². The molecule has 0 radical (unpaired) electrons. The van der Waals surface area contributed by atoms with Crippen LogP contribution in [0.15, 0.2) is 18.2 Å². The number of hydrogen-bond acceptors (Lipinski definition) is 2. The molecular weight excluding hydrogens is 217 g/mol. The van der Waals surface area contributed by atoms with Crippen molar-refractivity contribution in [3.05, 3.63) is 34.6 Å². The highest BCUT2D eigenvalue weighted by Crippen LogP contribution is 2.47. The third-order valence-corrected chi connectivity index (χ3v) is 2.87. The van der Waals surface area contributed by atoms with E-state index in [-0.39, 0.29) is 10.8 Å². The van der Waals surface area contributed by atoms with Crippen molar-refractivity contribution in [3.63, 3.8) is 0 Å². The maximum Gasteiger partial charge on any atom is 0.183 e. The lowest BCUT2D eigenvalue weighted by molar-refractivity contribution is 0.0934. The zero-order chi connectivity index (χ0) is 11.1. The van der Waals surface area contributed by atoms with Crippen LogP contribution in [0, 0.1) is 22.6 Å². The normalized spacial score (nSPS) is 16.9. The highest BCUT2D eigenvalue weighted by Gasteiger charge is 2.50. The highest BCUT2D eigenvalue weighted by molar-refractivity contribution is 6.31. The minimum atomic E-state index is -0.874. The molecule has 0 heterocycles. The molecule has 0 saturated heterocycles. The first-order valence-corrected chi connectivity index (χ1v) is 4.88. The lowest BCUT2D eigenvalue weighted by atomic mass is 9.96. The van der Waals surface area contributed by atoms with Gasteiger partial charge in [-0.25, -0.2) is 4.39 Å². The third kappa shape index (κ3) is 1.62. The van der Waals surface area contributed by atoms with Gasteiger partial charge in [0, 0.05) is 5.56 Å². The molecule has 0 unspecified atom stereocenters. The first-order chi connectivity index (χ1) is 7.09. The molecule has 2 nitrogen and oxygen atoms in total. The molecule has 1 aromatic rings. The van der Waals surface area contributed by atoms with Crippen molar-refractivity contribution >= 4 is 17.4 Å². The van der Waals surface area contributed by atoms with Crippen LogP contribution < -0.4 is 0 Å². The van der Waals surface area contributed by atoms with Crippen LogP contribution in [-0.2, 0) is 0 Å². The van der Waals surface area contributed by atoms with E-state index in [1.54, 1.807) is 0 Å². The maximum absolute atomic E-state index is 12.8. The number of Topliss-reactive ketones (excluding diaryl/α,β-unsaturated/α-hetero) is 1. The molecule has 1 aliphatic carbocycles. The van der Waals surface area contributed by atoms with Gasteiger partial charge in [0.05, 0.1) is 11.1 Å². The standard InChI is InChI=1S/C11H7ClFNO/c12-8-5-7(1-2-9(8)13)10(15)11(6-14)3-4-11/h1-2,5H,3-4H2. The lowest BCUT2D eigenvalue weighted by Gasteiger charge is -2.05. The molecule has 1 fully saturated rings. The molecule has 15 heavy (non-hydrogen) atoms. The van der Waals surface area contributed by atoms with Crippen molar-refractivity contribution < 1.29 is 9.18 Å². The number of benzene rings is 1. The van der Waals surface area contributed by atoms with Gasteiger partial charge in [-0.05, 0) is 31.0 Å². The topological polar surface area (TPSA) is 40.9 Å². The molecule has 2 rings (SSSR count). The Hall–Kier alpha value is -1.40. The summed E-state index contributed by atoms with van der Waals surface area (Å²) in [4.78, 5) is 11.8. The number of halogens is 2.